The van der Waals surface area contributed by atoms with E-state index >= 15 is 4.79 Å². The van der Waals surface area contributed by atoms with Gasteiger partial charge in [-0.15, -0.1) is 0 Å². The Morgan fingerprint density at radius 1 is 0.303 bits per heavy atom. The second-order valence-corrected chi connectivity index (χ2v) is 17.9. The Kier molecular flexibility index (Phi) is 7.68. The van der Waals surface area contributed by atoms with Crippen LogP contribution in [-0.2, 0) is 10.8 Å². The summed E-state index contributed by atoms with van der Waals surface area (Å²) in [6.45, 7) is 0. The highest BCUT2D eigenvalue weighted by molar-refractivity contribution is 6.19. The number of ketones is 1. The molecular formula is C63H40N2O. The smallest absolute Gasteiger partial charge is 0.193 e. The van der Waals surface area contributed by atoms with E-state index in [0.717, 1.165) is 44.0 Å². The zero-order valence-electron chi connectivity index (χ0n) is 35.9. The molecule has 4 heterocycles. The summed E-state index contributed by atoms with van der Waals surface area (Å²) in [6, 6.07) is 87.4. The van der Waals surface area contributed by atoms with Crippen molar-refractivity contribution in [2.45, 2.75) is 10.8 Å². The van der Waals surface area contributed by atoms with E-state index < -0.39 is 10.8 Å². The van der Waals surface area contributed by atoms with Crippen molar-refractivity contribution in [1.29, 1.82) is 0 Å². The van der Waals surface area contributed by atoms with Crippen LogP contribution < -0.4 is 0 Å². The fraction of sp³-hybridized carbons (Fsp3) is 0.0317. The summed E-state index contributed by atoms with van der Waals surface area (Å²) in [5.41, 5.74) is 16.8. The zero-order chi connectivity index (χ0) is 43.6. The summed E-state index contributed by atoms with van der Waals surface area (Å²) in [5.74, 6) is 0.00397. The van der Waals surface area contributed by atoms with Crippen LogP contribution in [-0.4, -0.2) is 14.9 Å². The van der Waals surface area contributed by atoms with Crippen LogP contribution in [0.1, 0.15) is 60.4 Å². The second kappa shape index (κ2) is 13.7. The van der Waals surface area contributed by atoms with E-state index in [0.29, 0.717) is 11.1 Å². The Balaban J connectivity index is 0.972. The standard InChI is InChI=1S/C63H40N2O/c66-61(41-35-37-55-49(39-41)47-27-17-31-53-59(47)64(55)57-33-15-13-29-51(57)62(53,43-19-5-1-6-20-43)44-21-7-2-8-22-44)42-36-38-56-50(40-42)48-28-18-32-54-60(48)65(56)58-34-16-14-30-52(58)63(54,45-23-9-3-10-24-45)46-25-11-4-12-26-46/h1-40H. The minimum atomic E-state index is -0.556. The van der Waals surface area contributed by atoms with Crippen LogP contribution in [0.3, 0.4) is 0 Å². The third-order valence-corrected chi connectivity index (χ3v) is 14.8. The molecule has 0 unspecified atom stereocenters. The van der Waals surface area contributed by atoms with Crippen molar-refractivity contribution in [3.63, 3.8) is 0 Å². The molecule has 2 aliphatic rings. The molecule has 0 atom stereocenters. The van der Waals surface area contributed by atoms with Crippen molar-refractivity contribution in [1.82, 2.24) is 9.13 Å². The molecule has 0 saturated carbocycles. The van der Waals surface area contributed by atoms with E-state index in [4.69, 9.17) is 0 Å². The number of hydrogen-bond acceptors (Lipinski definition) is 1. The number of carbonyl (C=O) groups excluding carboxylic acids is 1. The van der Waals surface area contributed by atoms with Gasteiger partial charge in [0.1, 0.15) is 0 Å². The quantitative estimate of drug-likeness (QED) is 0.153. The molecule has 3 nitrogen and oxygen atoms in total. The molecular weight excluding hydrogens is 801 g/mol. The highest BCUT2D eigenvalue weighted by Crippen LogP contribution is 2.56. The van der Waals surface area contributed by atoms with Gasteiger partial charge in [0.25, 0.3) is 0 Å². The van der Waals surface area contributed by atoms with Crippen LogP contribution in [0.25, 0.3) is 55.0 Å². The van der Waals surface area contributed by atoms with Gasteiger partial charge in [-0.25, -0.2) is 0 Å². The maximum atomic E-state index is 15.0. The average Bonchev–Trinajstić information content (AvgIpc) is 3.91. The number of aromatic nitrogens is 2. The first-order valence-corrected chi connectivity index (χ1v) is 22.8. The van der Waals surface area contributed by atoms with Gasteiger partial charge in [0.05, 0.1) is 44.3 Å². The largest absolute Gasteiger partial charge is 0.309 e. The number of carbonyl (C=O) groups is 1. The van der Waals surface area contributed by atoms with Gasteiger partial charge in [-0.2, -0.15) is 0 Å². The van der Waals surface area contributed by atoms with Crippen molar-refractivity contribution in [3.05, 3.63) is 298 Å². The Morgan fingerprint density at radius 2 is 0.636 bits per heavy atom. The van der Waals surface area contributed by atoms with Crippen LogP contribution in [0.5, 0.6) is 0 Å². The second-order valence-electron chi connectivity index (χ2n) is 17.9. The molecule has 2 aliphatic heterocycles. The van der Waals surface area contributed by atoms with Gasteiger partial charge in [-0.3, -0.25) is 4.79 Å². The summed E-state index contributed by atoms with van der Waals surface area (Å²) in [7, 11) is 0. The Morgan fingerprint density at radius 3 is 1.02 bits per heavy atom. The molecule has 0 spiro atoms. The number of nitrogens with zero attached hydrogens (tertiary/aromatic N) is 2. The lowest BCUT2D eigenvalue weighted by Crippen LogP contribution is -2.35. The van der Waals surface area contributed by atoms with Crippen LogP contribution in [0, 0.1) is 0 Å². The molecule has 0 bridgehead atoms. The third-order valence-electron chi connectivity index (χ3n) is 14.8. The molecule has 0 radical (unpaired) electrons. The van der Waals surface area contributed by atoms with Gasteiger partial charge in [0.15, 0.2) is 5.78 Å². The van der Waals surface area contributed by atoms with E-state index in [2.05, 4.69) is 240 Å². The number of fused-ring (bicyclic) bond motifs is 10. The van der Waals surface area contributed by atoms with Gasteiger partial charge in [-0.1, -0.05) is 194 Å². The molecule has 0 amide bonds. The predicted octanol–water partition coefficient (Wildman–Crippen LogP) is 14.5. The number of benzene rings is 10. The van der Waals surface area contributed by atoms with Crippen LogP contribution in [0.15, 0.2) is 243 Å². The fourth-order valence-electron chi connectivity index (χ4n) is 12.3. The maximum absolute atomic E-state index is 15.0. The molecule has 0 fully saturated rings. The van der Waals surface area contributed by atoms with Crippen LogP contribution in [0.4, 0.5) is 0 Å². The summed E-state index contributed by atoms with van der Waals surface area (Å²) < 4.78 is 4.85. The molecule has 308 valence electrons. The van der Waals surface area contributed by atoms with Crippen molar-refractivity contribution >= 4 is 49.4 Å². The maximum Gasteiger partial charge on any atom is 0.193 e. The molecule has 10 aromatic carbocycles. The molecule has 3 heteroatoms. The minimum Gasteiger partial charge on any atom is -0.309 e. The molecule has 0 N–H and O–H groups in total. The molecule has 66 heavy (non-hydrogen) atoms. The average molecular weight is 841 g/mol. The number of para-hydroxylation sites is 4. The third kappa shape index (κ3) is 4.68. The summed E-state index contributed by atoms with van der Waals surface area (Å²) in [6.07, 6.45) is 0. The fourth-order valence-corrected chi connectivity index (χ4v) is 12.3. The summed E-state index contributed by atoms with van der Waals surface area (Å²) in [4.78, 5) is 15.0. The lowest BCUT2D eigenvalue weighted by Gasteiger charge is -2.41. The van der Waals surface area contributed by atoms with Crippen LogP contribution in [0.2, 0.25) is 0 Å². The van der Waals surface area contributed by atoms with E-state index in [1.165, 1.54) is 55.5 Å². The van der Waals surface area contributed by atoms with E-state index in [9.17, 15) is 0 Å². The van der Waals surface area contributed by atoms with Gasteiger partial charge >= 0.3 is 0 Å². The van der Waals surface area contributed by atoms with Gasteiger partial charge in [-0.05, 0) is 93.0 Å². The van der Waals surface area contributed by atoms with Crippen LogP contribution >= 0.6 is 0 Å². The first-order valence-electron chi connectivity index (χ1n) is 22.8. The Hall–Kier alpha value is -8.53. The monoisotopic (exact) mass is 840 g/mol. The normalized spacial score (nSPS) is 14.1. The summed E-state index contributed by atoms with van der Waals surface area (Å²) in [5, 5.41) is 4.39. The molecule has 0 saturated heterocycles. The first-order chi connectivity index (χ1) is 32.7. The van der Waals surface area contributed by atoms with Gasteiger partial charge in [0.2, 0.25) is 0 Å². The highest BCUT2D eigenvalue weighted by atomic mass is 16.1. The minimum absolute atomic E-state index is 0.00397. The number of rotatable bonds is 6. The highest BCUT2D eigenvalue weighted by Gasteiger charge is 2.46. The van der Waals surface area contributed by atoms with E-state index in [1.807, 2.05) is 12.1 Å². The van der Waals surface area contributed by atoms with E-state index in [1.54, 1.807) is 0 Å². The number of hydrogen-bond donors (Lipinski definition) is 0. The molecule has 0 aliphatic carbocycles. The SMILES string of the molecule is O=C(c1ccc2c(c1)c1cccc3c1n2-c1ccccc1C3(c1ccccc1)c1ccccc1)c1ccc2c(c1)c1cccc3c1n2-c1ccccc1C3(c1ccccc1)c1ccccc1. The predicted molar refractivity (Wildman–Crippen MR) is 269 cm³/mol. The Bertz CT molecular complexity index is 3600. The lowest BCUT2D eigenvalue weighted by molar-refractivity contribution is 0.103. The van der Waals surface area contributed by atoms with Crippen molar-refractivity contribution in [2.24, 2.45) is 0 Å². The van der Waals surface area contributed by atoms with Crippen molar-refractivity contribution in [3.8, 4) is 11.4 Å². The van der Waals surface area contributed by atoms with E-state index in [-0.39, 0.29) is 5.78 Å². The summed E-state index contributed by atoms with van der Waals surface area (Å²) >= 11 is 0. The molecule has 2 aromatic heterocycles. The molecule has 14 rings (SSSR count). The Labute approximate surface area is 382 Å². The zero-order valence-corrected chi connectivity index (χ0v) is 35.9. The first kappa shape index (κ1) is 36.9. The van der Waals surface area contributed by atoms with Gasteiger partial charge in [0, 0.05) is 32.7 Å². The molecule has 12 aromatic rings. The topological polar surface area (TPSA) is 26.9 Å². The van der Waals surface area contributed by atoms with Crippen molar-refractivity contribution < 1.29 is 4.79 Å². The lowest BCUT2D eigenvalue weighted by atomic mass is 9.63. The van der Waals surface area contributed by atoms with Crippen molar-refractivity contribution in [2.75, 3.05) is 0 Å². The van der Waals surface area contributed by atoms with Gasteiger partial charge < -0.3 is 9.13 Å².